The van der Waals surface area contributed by atoms with E-state index < -0.39 is 76.8 Å². The van der Waals surface area contributed by atoms with Crippen LogP contribution in [0.15, 0.2) is 82.1 Å². The number of ether oxygens (including phenoxy) is 2. The number of allylic oxidation sites excluding steroid dienone is 4. The molecule has 44 heavy (non-hydrogen) atoms. The Morgan fingerprint density at radius 3 is 2.36 bits per heavy atom. The van der Waals surface area contributed by atoms with E-state index in [-0.39, 0.29) is 24.8 Å². The van der Waals surface area contributed by atoms with Crippen molar-refractivity contribution in [2.24, 2.45) is 22.7 Å². The molecule has 1 saturated heterocycles. The van der Waals surface area contributed by atoms with E-state index in [2.05, 4.69) is 24.3 Å². The van der Waals surface area contributed by atoms with Gasteiger partial charge in [0.2, 0.25) is 0 Å². The molecule has 2 N–H and O–H groups in total. The van der Waals surface area contributed by atoms with E-state index in [9.17, 15) is 19.8 Å². The highest BCUT2D eigenvalue weighted by molar-refractivity contribution is 7.99. The van der Waals surface area contributed by atoms with Crippen molar-refractivity contribution in [3.05, 3.63) is 83.5 Å². The molecule has 1 heterocycles. The molecule has 9 heteroatoms. The third kappa shape index (κ3) is 3.92. The lowest BCUT2D eigenvalue weighted by Gasteiger charge is -2.63. The summed E-state index contributed by atoms with van der Waals surface area (Å²) < 4.78 is 46.3. The zero-order valence-electron chi connectivity index (χ0n) is 24.8. The van der Waals surface area contributed by atoms with Crippen LogP contribution < -0.4 is 0 Å². The van der Waals surface area contributed by atoms with Gasteiger partial charge in [0, 0.05) is 32.1 Å². The summed E-state index contributed by atoms with van der Waals surface area (Å²) in [7, 11) is 0. The summed E-state index contributed by atoms with van der Waals surface area (Å²) in [5, 5.41) is 21.8. The number of hydrogen-bond donors (Lipinski definition) is 2. The number of fused-ring (bicyclic) bond motifs is 7. The number of aliphatic hydroxyl groups is 2. The van der Waals surface area contributed by atoms with E-state index in [4.69, 9.17) is 9.47 Å². The Bertz CT molecular complexity index is 1570. The highest BCUT2D eigenvalue weighted by Crippen LogP contribution is 2.72. The minimum absolute atomic E-state index is 0.0438. The number of aryl methyl sites for hydroxylation is 1. The fourth-order valence-corrected chi connectivity index (χ4v) is 9.97. The Labute approximate surface area is 259 Å². The summed E-state index contributed by atoms with van der Waals surface area (Å²) in [6.07, 6.45) is -1.33. The van der Waals surface area contributed by atoms with Gasteiger partial charge in [-0.05, 0) is 81.0 Å². The molecule has 0 bridgehead atoms. The summed E-state index contributed by atoms with van der Waals surface area (Å²) in [4.78, 5) is 27.9. The first kappa shape index (κ1) is 30.0. The van der Waals surface area contributed by atoms with Crippen LogP contribution in [-0.4, -0.2) is 58.0 Å². The van der Waals surface area contributed by atoms with Crippen molar-refractivity contribution in [1.82, 2.24) is 0 Å². The molecule has 0 spiro atoms. The molecule has 0 aromatic heterocycles. The Morgan fingerprint density at radius 2 is 1.70 bits per heavy atom. The highest BCUT2D eigenvalue weighted by atomic mass is 32.2. The van der Waals surface area contributed by atoms with Gasteiger partial charge in [-0.3, -0.25) is 9.59 Å². The minimum atomic E-state index is -2.28. The normalized spacial score (nSPS) is 42.2. The lowest BCUT2D eigenvalue weighted by Crippen LogP contribution is -2.70. The topological polar surface area (TPSA) is 93.1 Å². The summed E-state index contributed by atoms with van der Waals surface area (Å²) in [6.45, 7) is 4.54. The van der Waals surface area contributed by atoms with Crippen molar-refractivity contribution in [1.29, 1.82) is 0 Å². The summed E-state index contributed by atoms with van der Waals surface area (Å²) >= 11 is 1.61. The van der Waals surface area contributed by atoms with E-state index in [1.165, 1.54) is 17.7 Å². The minimum Gasteiger partial charge on any atom is -0.390 e. The number of alkyl halides is 2. The van der Waals surface area contributed by atoms with E-state index in [0.717, 1.165) is 15.9 Å². The number of carbonyl (C=O) groups is 2. The molecule has 7 rings (SSSR count). The van der Waals surface area contributed by atoms with Crippen LogP contribution in [0.4, 0.5) is 8.78 Å². The molecule has 6 nitrogen and oxygen atoms in total. The third-order valence-electron chi connectivity index (χ3n) is 11.3. The van der Waals surface area contributed by atoms with Crippen LogP contribution in [0.3, 0.4) is 0 Å². The number of rotatable bonds is 5. The van der Waals surface area contributed by atoms with Crippen LogP contribution in [0, 0.1) is 29.6 Å². The zero-order chi connectivity index (χ0) is 31.2. The van der Waals surface area contributed by atoms with Crippen LogP contribution in [0.25, 0.3) is 0 Å². The molecule has 3 saturated carbocycles. The van der Waals surface area contributed by atoms with Crippen molar-refractivity contribution in [2.75, 3.05) is 6.61 Å². The Balaban J connectivity index is 1.21. The lowest BCUT2D eigenvalue weighted by atomic mass is 9.44. The van der Waals surface area contributed by atoms with Crippen molar-refractivity contribution in [3.63, 3.8) is 0 Å². The second-order valence-corrected chi connectivity index (χ2v) is 14.6. The quantitative estimate of drug-likeness (QED) is 0.436. The average Bonchev–Trinajstić information content (AvgIpc) is 3.50. The Morgan fingerprint density at radius 1 is 1.05 bits per heavy atom. The van der Waals surface area contributed by atoms with Crippen LogP contribution in [-0.2, 0) is 19.1 Å². The van der Waals surface area contributed by atoms with Gasteiger partial charge in [0.15, 0.2) is 29.1 Å². The lowest BCUT2D eigenvalue weighted by molar-refractivity contribution is -0.235. The number of benzene rings is 2. The maximum Gasteiger partial charge on any atom is 0.193 e. The first-order valence-electron chi connectivity index (χ1n) is 15.2. The first-order valence-corrected chi connectivity index (χ1v) is 16.0. The second-order valence-electron chi connectivity index (χ2n) is 13.5. The van der Waals surface area contributed by atoms with Crippen LogP contribution in [0.5, 0.6) is 0 Å². The molecule has 2 aromatic carbocycles. The maximum absolute atomic E-state index is 17.5. The Hall–Kier alpha value is -2.69. The van der Waals surface area contributed by atoms with Gasteiger partial charge in [0.05, 0.1) is 12.2 Å². The number of Topliss-reactive ketones (excluding diaryl/α,β-unsaturated/α-hetero) is 1. The molecule has 10 atom stereocenters. The average molecular weight is 623 g/mol. The van der Waals surface area contributed by atoms with E-state index in [1.807, 2.05) is 31.2 Å². The number of ketones is 2. The predicted molar refractivity (Wildman–Crippen MR) is 159 cm³/mol. The van der Waals surface area contributed by atoms with Crippen molar-refractivity contribution in [2.45, 2.75) is 85.8 Å². The predicted octanol–water partition coefficient (Wildman–Crippen LogP) is 5.79. The van der Waals surface area contributed by atoms with Crippen molar-refractivity contribution in [3.8, 4) is 0 Å². The van der Waals surface area contributed by atoms with Gasteiger partial charge >= 0.3 is 0 Å². The van der Waals surface area contributed by atoms with Gasteiger partial charge in [0.25, 0.3) is 0 Å². The van der Waals surface area contributed by atoms with Crippen LogP contribution in [0.1, 0.15) is 50.5 Å². The van der Waals surface area contributed by atoms with Gasteiger partial charge in [-0.15, -0.1) is 0 Å². The van der Waals surface area contributed by atoms with E-state index >= 15 is 8.78 Å². The molecule has 232 valence electrons. The van der Waals surface area contributed by atoms with Crippen molar-refractivity contribution < 1.29 is 38.1 Å². The molecule has 0 radical (unpaired) electrons. The van der Waals surface area contributed by atoms with Crippen LogP contribution in [0.2, 0.25) is 0 Å². The molecular weight excluding hydrogens is 586 g/mol. The highest BCUT2D eigenvalue weighted by Gasteiger charge is 2.80. The SMILES string of the molecule is Cc1ccc(Sc2ccc([C@@H]3O[C@@H]4C[C@H]5[C@@H]6C[C@H](F)C7=CC(=O)C=C[C@]7(C)[C@@]6(F)[C@@H](O)C[C@]5(C)[C@]4(C(=O)CO)O3)cc2)cc1. The van der Waals surface area contributed by atoms with Crippen molar-refractivity contribution >= 4 is 23.3 Å². The summed E-state index contributed by atoms with van der Waals surface area (Å²) in [6, 6.07) is 15.9. The van der Waals surface area contributed by atoms with Gasteiger partial charge in [-0.25, -0.2) is 8.78 Å². The molecule has 1 aliphatic heterocycles. The van der Waals surface area contributed by atoms with Gasteiger partial charge in [0.1, 0.15) is 12.8 Å². The molecule has 2 aromatic rings. The molecule has 5 aliphatic rings. The molecule has 4 fully saturated rings. The Kier molecular flexibility index (Phi) is 6.92. The number of hydrogen-bond acceptors (Lipinski definition) is 7. The standard InChI is InChI=1S/C35H36F2O6S/c1-19-4-8-22(9-5-19)44-23-10-6-20(7-11-23)31-42-30-16-24-25-15-27(36)26-14-21(39)12-13-32(26,2)34(25,37)28(40)17-33(24,3)35(30,43-31)29(41)18-38/h4-14,24-25,27-28,30-31,38,40H,15-18H2,1-3H3/t24-,25-,27-,28-,30+,31+,32-,33-,34-,35+/m0/s1. The summed E-state index contributed by atoms with van der Waals surface area (Å²) in [5.41, 5.74) is -4.71. The third-order valence-corrected chi connectivity index (χ3v) is 12.4. The fourth-order valence-electron chi connectivity index (χ4n) is 9.15. The first-order chi connectivity index (χ1) is 20.9. The maximum atomic E-state index is 17.5. The number of halogens is 2. The van der Waals surface area contributed by atoms with Gasteiger partial charge < -0.3 is 19.7 Å². The van der Waals surface area contributed by atoms with E-state index in [0.29, 0.717) is 5.56 Å². The van der Waals surface area contributed by atoms with E-state index in [1.54, 1.807) is 25.6 Å². The van der Waals surface area contributed by atoms with Crippen LogP contribution >= 0.6 is 11.8 Å². The largest absolute Gasteiger partial charge is 0.390 e. The van der Waals surface area contributed by atoms with Gasteiger partial charge in [-0.2, -0.15) is 0 Å². The smallest absolute Gasteiger partial charge is 0.193 e. The molecule has 0 unspecified atom stereocenters. The second kappa shape index (κ2) is 10.2. The fraction of sp³-hybridized carbons (Fsp3) is 0.486. The molecule has 4 aliphatic carbocycles. The molecule has 0 amide bonds. The summed E-state index contributed by atoms with van der Waals surface area (Å²) in [5.74, 6) is -2.57. The monoisotopic (exact) mass is 622 g/mol. The number of aliphatic hydroxyl groups excluding tert-OH is 2. The van der Waals surface area contributed by atoms with Gasteiger partial charge in [-0.1, -0.05) is 54.6 Å². The number of carbonyl (C=O) groups excluding carboxylic acids is 2. The molecular formula is C35H36F2O6S. The zero-order valence-corrected chi connectivity index (χ0v) is 25.7.